The second-order valence-electron chi connectivity index (χ2n) is 12.6. The lowest BCUT2D eigenvalue weighted by Gasteiger charge is -2.20. The molecule has 51 heavy (non-hydrogen) atoms. The van der Waals surface area contributed by atoms with Gasteiger partial charge in [0.1, 0.15) is 0 Å². The topological polar surface area (TPSA) is 42.3 Å². The second-order valence-corrected chi connectivity index (χ2v) is 12.6. The number of aryl methyl sites for hydroxylation is 1. The fourth-order valence-electron chi connectivity index (χ4n) is 7.22. The highest BCUT2D eigenvalue weighted by atomic mass is 16.2. The van der Waals surface area contributed by atoms with Crippen molar-refractivity contribution in [2.75, 3.05) is 4.90 Å². The van der Waals surface area contributed by atoms with Gasteiger partial charge in [-0.2, -0.15) is 0 Å². The van der Waals surface area contributed by atoms with E-state index in [1.807, 2.05) is 117 Å². The zero-order chi connectivity index (χ0) is 35.1. The molecule has 1 aromatic heterocycles. The minimum atomic E-state index is -0.333. The molecule has 8 aromatic rings. The van der Waals surface area contributed by atoms with E-state index in [2.05, 4.69) is 66.1 Å². The fourth-order valence-corrected chi connectivity index (χ4v) is 7.22. The van der Waals surface area contributed by atoms with Gasteiger partial charge in [-0.15, -0.1) is 0 Å². The van der Waals surface area contributed by atoms with Crippen LogP contribution in [0.25, 0.3) is 60.9 Å². The van der Waals surface area contributed by atoms with Crippen LogP contribution in [0, 0.1) is 6.92 Å². The number of amides is 2. The van der Waals surface area contributed by atoms with Crippen molar-refractivity contribution in [3.63, 3.8) is 0 Å². The number of imide groups is 1. The number of para-hydroxylation sites is 1. The molecule has 0 aliphatic carbocycles. The zero-order valence-corrected chi connectivity index (χ0v) is 28.8. The molecule has 2 amide bonds. The van der Waals surface area contributed by atoms with E-state index in [1.165, 1.54) is 10.5 Å². The van der Waals surface area contributed by atoms with Crippen LogP contribution in [0.15, 0.2) is 164 Å². The minimum absolute atomic E-state index is 0.327. The molecular weight excluding hydrogens is 625 g/mol. The van der Waals surface area contributed by atoms with Crippen LogP contribution >= 0.6 is 0 Å². The summed E-state index contributed by atoms with van der Waals surface area (Å²) in [5, 5.41) is 2.17. The third-order valence-corrected chi connectivity index (χ3v) is 9.62. The van der Waals surface area contributed by atoms with Crippen molar-refractivity contribution in [1.82, 2.24) is 4.57 Å². The van der Waals surface area contributed by atoms with Crippen LogP contribution in [0.2, 0.25) is 0 Å². The monoisotopic (exact) mass is 660 g/mol. The number of aromatic nitrogens is 1. The Morgan fingerprint density at radius 1 is 0.412 bits per heavy atom. The lowest BCUT2D eigenvalue weighted by molar-refractivity contribution is 0.0926. The lowest BCUT2D eigenvalue weighted by atomic mass is 9.97. The van der Waals surface area contributed by atoms with Crippen molar-refractivity contribution >= 4 is 39.3 Å². The van der Waals surface area contributed by atoms with Gasteiger partial charge >= 0.3 is 0 Å². The van der Waals surface area contributed by atoms with E-state index in [9.17, 15) is 9.59 Å². The summed E-state index contributed by atoms with van der Waals surface area (Å²) in [6, 6.07) is 54.9. The van der Waals surface area contributed by atoms with Crippen molar-refractivity contribution in [3.05, 3.63) is 180 Å². The Balaban J connectivity index is 0.00000184. The fraction of sp³-hybridized carbons (Fsp3) is 0.0638. The number of carbonyl (C=O) groups excluding carboxylic acids is 2. The minimum Gasteiger partial charge on any atom is -0.308 e. The Bertz CT molecular complexity index is 2580. The predicted octanol–water partition coefficient (Wildman–Crippen LogP) is 11.9. The molecule has 0 spiro atoms. The molecule has 246 valence electrons. The Kier molecular flexibility index (Phi) is 8.13. The molecule has 0 radical (unpaired) electrons. The molecule has 0 unspecified atom stereocenters. The van der Waals surface area contributed by atoms with Gasteiger partial charge in [0, 0.05) is 16.3 Å². The maximum atomic E-state index is 14.8. The van der Waals surface area contributed by atoms with Crippen molar-refractivity contribution in [3.8, 4) is 39.1 Å². The number of hydrogen-bond acceptors (Lipinski definition) is 2. The van der Waals surface area contributed by atoms with Gasteiger partial charge in [0.25, 0.3) is 11.8 Å². The van der Waals surface area contributed by atoms with E-state index >= 15 is 0 Å². The molecule has 1 aliphatic rings. The highest BCUT2D eigenvalue weighted by Crippen LogP contribution is 2.42. The largest absolute Gasteiger partial charge is 0.308 e. The van der Waals surface area contributed by atoms with Gasteiger partial charge in [-0.05, 0) is 71.1 Å². The van der Waals surface area contributed by atoms with Gasteiger partial charge in [0.15, 0.2) is 0 Å². The Hall–Kier alpha value is -6.52. The summed E-state index contributed by atoms with van der Waals surface area (Å²) in [6.07, 6.45) is 0. The van der Waals surface area contributed by atoms with Crippen LogP contribution in [0.1, 0.15) is 40.1 Å². The summed E-state index contributed by atoms with van der Waals surface area (Å²) < 4.78 is 2.13. The number of carbonyl (C=O) groups is 2. The first-order valence-electron chi connectivity index (χ1n) is 17.4. The molecule has 4 heteroatoms. The van der Waals surface area contributed by atoms with E-state index < -0.39 is 0 Å². The molecule has 0 saturated carbocycles. The lowest BCUT2D eigenvalue weighted by Crippen LogP contribution is -2.30. The summed E-state index contributed by atoms with van der Waals surface area (Å²) in [7, 11) is 0. The molecule has 2 heterocycles. The van der Waals surface area contributed by atoms with E-state index in [0.717, 1.165) is 55.2 Å². The third kappa shape index (κ3) is 5.33. The molecule has 1 aliphatic heterocycles. The summed E-state index contributed by atoms with van der Waals surface area (Å²) in [4.78, 5) is 30.6. The summed E-state index contributed by atoms with van der Waals surface area (Å²) in [5.74, 6) is -0.660. The molecule has 9 rings (SSSR count). The maximum absolute atomic E-state index is 14.8. The van der Waals surface area contributed by atoms with Crippen LogP contribution in [-0.2, 0) is 0 Å². The quantitative estimate of drug-likeness (QED) is 0.172. The average molecular weight is 661 g/mol. The SMILES string of the molecule is CC.Cc1ccc(-c2ccc3c(c2)c2ccccc2n3-c2cccc3c2C(=O)N(c2cc(-c4ccccc4)ccc2-c2ccccc2)C3=O)cc1. The number of hydrogen-bond donors (Lipinski definition) is 0. The van der Waals surface area contributed by atoms with Crippen molar-refractivity contribution in [2.45, 2.75) is 20.8 Å². The van der Waals surface area contributed by atoms with E-state index in [-0.39, 0.29) is 11.8 Å². The first kappa shape index (κ1) is 31.7. The third-order valence-electron chi connectivity index (χ3n) is 9.62. The van der Waals surface area contributed by atoms with Crippen LogP contribution in [-0.4, -0.2) is 16.4 Å². The van der Waals surface area contributed by atoms with Gasteiger partial charge in [0.2, 0.25) is 0 Å². The Morgan fingerprint density at radius 3 is 1.75 bits per heavy atom. The number of fused-ring (bicyclic) bond motifs is 4. The summed E-state index contributed by atoms with van der Waals surface area (Å²) in [5.41, 5.74) is 11.2. The number of nitrogens with zero attached hydrogens (tertiary/aromatic N) is 2. The highest BCUT2D eigenvalue weighted by Gasteiger charge is 2.40. The van der Waals surface area contributed by atoms with E-state index in [4.69, 9.17) is 0 Å². The van der Waals surface area contributed by atoms with Crippen LogP contribution in [0.4, 0.5) is 5.69 Å². The van der Waals surface area contributed by atoms with Gasteiger partial charge in [-0.25, -0.2) is 4.90 Å². The standard InChI is InChI=1S/C45H30N2O2.C2H6/c1-29-19-21-31(22-20-29)33-24-26-40-38(27-33)36-15-8-9-17-39(36)46(40)41-18-10-16-37-43(41)45(49)47(44(37)48)42-28-34(30-11-4-2-5-12-30)23-25-35(42)32-13-6-3-7-14-32;1-2/h2-28H,1H3;1-2H3. The van der Waals surface area contributed by atoms with Gasteiger partial charge in [-0.1, -0.05) is 147 Å². The van der Waals surface area contributed by atoms with Crippen LogP contribution < -0.4 is 4.90 Å². The second kappa shape index (κ2) is 13.1. The van der Waals surface area contributed by atoms with Gasteiger partial charge in [0.05, 0.1) is 33.5 Å². The number of benzene rings is 7. The molecular formula is C47H36N2O2. The van der Waals surface area contributed by atoms with Crippen LogP contribution in [0.5, 0.6) is 0 Å². The summed E-state index contributed by atoms with van der Waals surface area (Å²) in [6.45, 7) is 6.09. The molecule has 4 nitrogen and oxygen atoms in total. The molecule has 0 saturated heterocycles. The Labute approximate surface area is 297 Å². The van der Waals surface area contributed by atoms with Gasteiger partial charge in [-0.3, -0.25) is 9.59 Å². The van der Waals surface area contributed by atoms with E-state index in [1.54, 1.807) is 6.07 Å². The maximum Gasteiger partial charge on any atom is 0.268 e. The molecule has 0 N–H and O–H groups in total. The molecule has 0 atom stereocenters. The molecule has 7 aromatic carbocycles. The number of anilines is 1. The number of rotatable bonds is 5. The zero-order valence-electron chi connectivity index (χ0n) is 28.8. The summed E-state index contributed by atoms with van der Waals surface area (Å²) >= 11 is 0. The van der Waals surface area contributed by atoms with Crippen molar-refractivity contribution in [2.24, 2.45) is 0 Å². The molecule has 0 fully saturated rings. The first-order chi connectivity index (χ1) is 25.1. The van der Waals surface area contributed by atoms with E-state index in [0.29, 0.717) is 22.5 Å². The predicted molar refractivity (Wildman–Crippen MR) is 211 cm³/mol. The molecule has 0 bridgehead atoms. The van der Waals surface area contributed by atoms with Crippen molar-refractivity contribution < 1.29 is 9.59 Å². The van der Waals surface area contributed by atoms with Crippen LogP contribution in [0.3, 0.4) is 0 Å². The first-order valence-corrected chi connectivity index (χ1v) is 17.4. The smallest absolute Gasteiger partial charge is 0.268 e. The highest BCUT2D eigenvalue weighted by molar-refractivity contribution is 6.36. The Morgan fingerprint density at radius 2 is 1.00 bits per heavy atom. The van der Waals surface area contributed by atoms with Gasteiger partial charge < -0.3 is 4.57 Å². The average Bonchev–Trinajstić information content (AvgIpc) is 3.66. The normalized spacial score (nSPS) is 12.3. The van der Waals surface area contributed by atoms with Crippen molar-refractivity contribution in [1.29, 1.82) is 0 Å².